The summed E-state index contributed by atoms with van der Waals surface area (Å²) < 4.78 is 0. The van der Waals surface area contributed by atoms with Crippen molar-refractivity contribution in [2.75, 3.05) is 6.54 Å². The predicted octanol–water partition coefficient (Wildman–Crippen LogP) is 2.65. The zero-order chi connectivity index (χ0) is 13.0. The van der Waals surface area contributed by atoms with E-state index in [4.69, 9.17) is 0 Å². The number of hydrogen-bond donors (Lipinski definition) is 2. The van der Waals surface area contributed by atoms with Gasteiger partial charge >= 0.3 is 0 Å². The summed E-state index contributed by atoms with van der Waals surface area (Å²) in [6.07, 6.45) is 8.27. The van der Waals surface area contributed by atoms with Gasteiger partial charge in [-0.05, 0) is 46.0 Å². The summed E-state index contributed by atoms with van der Waals surface area (Å²) in [5.74, 6) is -0.0757. The van der Waals surface area contributed by atoms with E-state index in [1.165, 1.54) is 31.3 Å². The average Bonchev–Trinajstić information content (AvgIpc) is 2.71. The molecule has 1 heterocycles. The Balaban J connectivity index is 1.81. The fourth-order valence-electron chi connectivity index (χ4n) is 2.26. The molecule has 0 radical (unpaired) electrons. The number of aryl methyl sites for hydroxylation is 1. The highest BCUT2D eigenvalue weighted by atomic mass is 16.1. The van der Waals surface area contributed by atoms with Gasteiger partial charge in [0.1, 0.15) is 0 Å². The summed E-state index contributed by atoms with van der Waals surface area (Å²) in [6.45, 7) is 4.54. The Bertz CT molecular complexity index is 460. The van der Waals surface area contributed by atoms with E-state index in [0.717, 1.165) is 17.7 Å². The van der Waals surface area contributed by atoms with Crippen LogP contribution in [0.2, 0.25) is 0 Å². The molecule has 2 N–H and O–H groups in total. The minimum atomic E-state index is -0.0757. The molecule has 98 valence electrons. The molecule has 0 saturated heterocycles. The highest BCUT2D eigenvalue weighted by molar-refractivity contribution is 5.93. The fraction of sp³-hybridized carbons (Fsp3) is 0.571. The molecular weight excluding hydrogens is 226 g/mol. The van der Waals surface area contributed by atoms with Crippen molar-refractivity contribution < 1.29 is 4.79 Å². The molecule has 1 aromatic rings. The van der Waals surface area contributed by atoms with E-state index in [2.05, 4.69) is 21.6 Å². The van der Waals surface area contributed by atoms with Gasteiger partial charge in [0.2, 0.25) is 0 Å². The van der Waals surface area contributed by atoms with Crippen molar-refractivity contribution in [3.8, 4) is 0 Å². The summed E-state index contributed by atoms with van der Waals surface area (Å²) in [6, 6.07) is 0. The Labute approximate surface area is 108 Å². The molecule has 4 heteroatoms. The average molecular weight is 247 g/mol. The molecule has 0 atom stereocenters. The summed E-state index contributed by atoms with van der Waals surface area (Å²) in [5, 5.41) is 9.80. The SMILES string of the molecule is Cc1[nH]nc(C(=O)NCCC2=CCCCC2)c1C. The van der Waals surface area contributed by atoms with Crippen molar-refractivity contribution in [2.45, 2.75) is 46.0 Å². The van der Waals surface area contributed by atoms with Gasteiger partial charge in [0.25, 0.3) is 5.91 Å². The van der Waals surface area contributed by atoms with Crippen LogP contribution in [0.5, 0.6) is 0 Å². The van der Waals surface area contributed by atoms with E-state index in [0.29, 0.717) is 12.2 Å². The highest BCUT2D eigenvalue weighted by Crippen LogP contribution is 2.19. The van der Waals surface area contributed by atoms with Crippen molar-refractivity contribution in [3.63, 3.8) is 0 Å². The van der Waals surface area contributed by atoms with Crippen LogP contribution in [0, 0.1) is 13.8 Å². The van der Waals surface area contributed by atoms with E-state index >= 15 is 0 Å². The van der Waals surface area contributed by atoms with Gasteiger partial charge in [0.15, 0.2) is 5.69 Å². The van der Waals surface area contributed by atoms with Crippen LogP contribution in [0.3, 0.4) is 0 Å². The first-order valence-corrected chi connectivity index (χ1v) is 6.66. The maximum absolute atomic E-state index is 11.9. The number of nitrogens with zero attached hydrogens (tertiary/aromatic N) is 1. The highest BCUT2D eigenvalue weighted by Gasteiger charge is 2.13. The van der Waals surface area contributed by atoms with Gasteiger partial charge < -0.3 is 5.32 Å². The van der Waals surface area contributed by atoms with Crippen molar-refractivity contribution in [1.29, 1.82) is 0 Å². The number of carbonyl (C=O) groups excluding carboxylic acids is 1. The molecule has 1 aliphatic rings. The normalized spacial score (nSPS) is 15.3. The van der Waals surface area contributed by atoms with Gasteiger partial charge in [-0.1, -0.05) is 11.6 Å². The second-order valence-electron chi connectivity index (χ2n) is 4.94. The Kier molecular flexibility index (Phi) is 4.18. The minimum Gasteiger partial charge on any atom is -0.350 e. The number of aromatic amines is 1. The molecule has 1 aliphatic carbocycles. The number of aromatic nitrogens is 2. The Hall–Kier alpha value is -1.58. The first-order chi connectivity index (χ1) is 8.68. The summed E-state index contributed by atoms with van der Waals surface area (Å²) in [5.41, 5.74) is 3.89. The Morgan fingerprint density at radius 2 is 2.28 bits per heavy atom. The largest absolute Gasteiger partial charge is 0.350 e. The van der Waals surface area contributed by atoms with Crippen LogP contribution in [0.1, 0.15) is 53.8 Å². The number of amides is 1. The molecule has 4 nitrogen and oxygen atoms in total. The third-order valence-corrected chi connectivity index (χ3v) is 3.58. The number of rotatable bonds is 4. The van der Waals surface area contributed by atoms with E-state index in [1.54, 1.807) is 0 Å². The van der Waals surface area contributed by atoms with Gasteiger partial charge in [-0.2, -0.15) is 5.10 Å². The smallest absolute Gasteiger partial charge is 0.272 e. The molecule has 0 aliphatic heterocycles. The van der Waals surface area contributed by atoms with Crippen molar-refractivity contribution in [1.82, 2.24) is 15.5 Å². The quantitative estimate of drug-likeness (QED) is 0.804. The zero-order valence-electron chi connectivity index (χ0n) is 11.2. The van der Waals surface area contributed by atoms with Crippen LogP contribution in [0.15, 0.2) is 11.6 Å². The van der Waals surface area contributed by atoms with Gasteiger partial charge in [-0.25, -0.2) is 0 Å². The van der Waals surface area contributed by atoms with Crippen molar-refractivity contribution >= 4 is 5.91 Å². The lowest BCUT2D eigenvalue weighted by molar-refractivity contribution is 0.0948. The lowest BCUT2D eigenvalue weighted by atomic mass is 9.97. The van der Waals surface area contributed by atoms with Gasteiger partial charge in [-0.3, -0.25) is 9.89 Å². The lowest BCUT2D eigenvalue weighted by Gasteiger charge is -2.12. The molecule has 0 bridgehead atoms. The van der Waals surface area contributed by atoms with Crippen molar-refractivity contribution in [3.05, 3.63) is 28.6 Å². The molecule has 18 heavy (non-hydrogen) atoms. The van der Waals surface area contributed by atoms with Gasteiger partial charge in [-0.15, -0.1) is 0 Å². The third-order valence-electron chi connectivity index (χ3n) is 3.58. The van der Waals surface area contributed by atoms with E-state index in [9.17, 15) is 4.79 Å². The molecule has 0 aromatic carbocycles. The van der Waals surface area contributed by atoms with Gasteiger partial charge in [0.05, 0.1) is 0 Å². The third kappa shape index (κ3) is 3.00. The minimum absolute atomic E-state index is 0.0757. The molecule has 0 spiro atoms. The number of H-pyrrole nitrogens is 1. The second-order valence-corrected chi connectivity index (χ2v) is 4.94. The maximum atomic E-state index is 11.9. The van der Waals surface area contributed by atoms with Crippen LogP contribution in [-0.2, 0) is 0 Å². The lowest BCUT2D eigenvalue weighted by Crippen LogP contribution is -2.25. The summed E-state index contributed by atoms with van der Waals surface area (Å²) in [4.78, 5) is 11.9. The number of allylic oxidation sites excluding steroid dienone is 1. The maximum Gasteiger partial charge on any atom is 0.272 e. The molecule has 0 saturated carbocycles. The van der Waals surface area contributed by atoms with Crippen LogP contribution in [-0.4, -0.2) is 22.6 Å². The number of carbonyl (C=O) groups is 1. The van der Waals surface area contributed by atoms with E-state index < -0.39 is 0 Å². The monoisotopic (exact) mass is 247 g/mol. The van der Waals surface area contributed by atoms with Crippen LogP contribution >= 0.6 is 0 Å². The Morgan fingerprint density at radius 3 is 2.89 bits per heavy atom. The van der Waals surface area contributed by atoms with Crippen LogP contribution in [0.25, 0.3) is 0 Å². The number of hydrogen-bond acceptors (Lipinski definition) is 2. The van der Waals surface area contributed by atoms with E-state index in [1.807, 2.05) is 13.8 Å². The molecule has 0 unspecified atom stereocenters. The molecule has 1 amide bonds. The molecule has 2 rings (SSSR count). The van der Waals surface area contributed by atoms with Crippen molar-refractivity contribution in [2.24, 2.45) is 0 Å². The zero-order valence-corrected chi connectivity index (χ0v) is 11.2. The first kappa shape index (κ1) is 12.9. The van der Waals surface area contributed by atoms with E-state index in [-0.39, 0.29) is 5.91 Å². The Morgan fingerprint density at radius 1 is 1.44 bits per heavy atom. The number of nitrogens with one attached hydrogen (secondary N) is 2. The fourth-order valence-corrected chi connectivity index (χ4v) is 2.26. The first-order valence-electron chi connectivity index (χ1n) is 6.66. The standard InChI is InChI=1S/C14H21N3O/c1-10-11(2)16-17-13(10)14(18)15-9-8-12-6-4-3-5-7-12/h6H,3-5,7-9H2,1-2H3,(H,15,18)(H,16,17). The second kappa shape index (κ2) is 5.85. The van der Waals surface area contributed by atoms with Crippen LogP contribution in [0.4, 0.5) is 0 Å². The topological polar surface area (TPSA) is 57.8 Å². The molecule has 0 fully saturated rings. The van der Waals surface area contributed by atoms with Crippen LogP contribution < -0.4 is 5.32 Å². The van der Waals surface area contributed by atoms with Gasteiger partial charge in [0, 0.05) is 17.8 Å². The predicted molar refractivity (Wildman–Crippen MR) is 71.6 cm³/mol. The molecular formula is C14H21N3O. The molecule has 1 aromatic heterocycles. The summed E-state index contributed by atoms with van der Waals surface area (Å²) in [7, 11) is 0. The summed E-state index contributed by atoms with van der Waals surface area (Å²) >= 11 is 0.